The van der Waals surface area contributed by atoms with Gasteiger partial charge in [-0.1, -0.05) is 84.2 Å². The van der Waals surface area contributed by atoms with Crippen molar-refractivity contribution in [3.8, 4) is 24.7 Å². The molecule has 0 radical (unpaired) electrons. The van der Waals surface area contributed by atoms with Gasteiger partial charge in [0, 0.05) is 25.9 Å². The molecule has 53 heavy (non-hydrogen) atoms. The fourth-order valence-corrected chi connectivity index (χ4v) is 10.1. The summed E-state index contributed by atoms with van der Waals surface area (Å²) >= 11 is 0. The number of rotatable bonds is 15. The molecule has 5 amide bonds. The van der Waals surface area contributed by atoms with E-state index in [0.29, 0.717) is 18.4 Å². The monoisotopic (exact) mass is 749 g/mol. The minimum atomic E-state index is -3.62. The maximum atomic E-state index is 14.5. The number of nitrogens with zero attached hydrogens (tertiary/aromatic N) is 1. The first-order valence-corrected chi connectivity index (χ1v) is 20.3. The molecule has 12 nitrogen and oxygen atoms in total. The van der Waals surface area contributed by atoms with Gasteiger partial charge in [0.05, 0.1) is 23.1 Å². The molecule has 1 saturated heterocycles. The number of benzene rings is 1. The van der Waals surface area contributed by atoms with Crippen molar-refractivity contribution in [1.29, 1.82) is 0 Å². The average molecular weight is 750 g/mol. The highest BCUT2D eigenvalue weighted by molar-refractivity contribution is 7.90. The molecule has 1 aromatic carbocycles. The Morgan fingerprint density at radius 3 is 2.21 bits per heavy atom. The summed E-state index contributed by atoms with van der Waals surface area (Å²) in [5.74, 6) is 1.44. The molecule has 1 heterocycles. The molecule has 288 valence electrons. The Morgan fingerprint density at radius 1 is 0.962 bits per heavy atom. The zero-order chi connectivity index (χ0) is 39.2. The van der Waals surface area contributed by atoms with Crippen LogP contribution in [0.15, 0.2) is 30.3 Å². The Hall–Kier alpha value is -4.36. The van der Waals surface area contributed by atoms with E-state index in [2.05, 4.69) is 33.1 Å². The highest BCUT2D eigenvalue weighted by Crippen LogP contribution is 2.65. The van der Waals surface area contributed by atoms with Crippen molar-refractivity contribution in [1.82, 2.24) is 26.2 Å². The van der Waals surface area contributed by atoms with Crippen LogP contribution >= 0.6 is 0 Å². The number of ketones is 1. The van der Waals surface area contributed by atoms with Crippen LogP contribution in [0.5, 0.6) is 0 Å². The van der Waals surface area contributed by atoms with Crippen LogP contribution in [0.3, 0.4) is 0 Å². The predicted molar refractivity (Wildman–Crippen MR) is 202 cm³/mol. The first-order valence-electron chi connectivity index (χ1n) is 18.5. The lowest BCUT2D eigenvalue weighted by atomic mass is 9.83. The number of hydrogen-bond acceptors (Lipinski definition) is 7. The fraction of sp³-hybridized carbons (Fsp3) is 0.625. The Morgan fingerprint density at radius 2 is 1.60 bits per heavy atom. The van der Waals surface area contributed by atoms with E-state index in [-0.39, 0.29) is 61.1 Å². The molecule has 0 spiro atoms. The number of urea groups is 1. The van der Waals surface area contributed by atoms with E-state index in [1.165, 1.54) is 4.90 Å². The zero-order valence-corrected chi connectivity index (χ0v) is 32.4. The summed E-state index contributed by atoms with van der Waals surface area (Å²) in [6.45, 7) is 9.82. The summed E-state index contributed by atoms with van der Waals surface area (Å²) in [4.78, 5) is 69.7. The van der Waals surface area contributed by atoms with E-state index in [4.69, 9.17) is 12.8 Å². The fourth-order valence-electron chi connectivity index (χ4n) is 8.12. The number of sulfone groups is 1. The van der Waals surface area contributed by atoms with E-state index < -0.39 is 68.5 Å². The van der Waals surface area contributed by atoms with Crippen molar-refractivity contribution in [2.24, 2.45) is 22.7 Å². The molecular formula is C40H55N5O7S. The summed E-state index contributed by atoms with van der Waals surface area (Å²) in [6.07, 6.45) is 14.5. The van der Waals surface area contributed by atoms with Gasteiger partial charge in [-0.15, -0.1) is 24.7 Å². The molecular weight excluding hydrogens is 695 g/mol. The smallest absolute Gasteiger partial charge is 0.315 e. The molecule has 1 aromatic rings. The van der Waals surface area contributed by atoms with Crippen LogP contribution in [-0.4, -0.2) is 85.4 Å². The zero-order valence-electron chi connectivity index (χ0n) is 31.6. The number of carbonyl (C=O) groups excluding carboxylic acids is 5. The van der Waals surface area contributed by atoms with Crippen molar-refractivity contribution in [3.63, 3.8) is 0 Å². The number of piperidine rings is 1. The second kappa shape index (κ2) is 16.8. The molecule has 13 heteroatoms. The summed E-state index contributed by atoms with van der Waals surface area (Å²) in [5, 5.41) is 11.1. The van der Waals surface area contributed by atoms with Crippen molar-refractivity contribution < 1.29 is 32.4 Å². The molecule has 4 N–H and O–H groups in total. The molecule has 0 bridgehead atoms. The van der Waals surface area contributed by atoms with Gasteiger partial charge in [0.1, 0.15) is 12.1 Å². The number of Topliss-reactive ketones (excluding diaryl/α,β-unsaturated/α-hetero) is 1. The van der Waals surface area contributed by atoms with Crippen LogP contribution in [0, 0.1) is 47.4 Å². The van der Waals surface area contributed by atoms with Crippen LogP contribution < -0.4 is 21.3 Å². The third-order valence-electron chi connectivity index (χ3n) is 11.1. The van der Waals surface area contributed by atoms with Crippen molar-refractivity contribution in [3.05, 3.63) is 35.9 Å². The highest BCUT2D eigenvalue weighted by atomic mass is 32.2. The Kier molecular flexibility index (Phi) is 13.1. The van der Waals surface area contributed by atoms with Crippen LogP contribution in [0.4, 0.5) is 4.79 Å². The first-order chi connectivity index (χ1) is 24.9. The number of fused-ring (bicyclic) bond motifs is 1. The van der Waals surface area contributed by atoms with Gasteiger partial charge in [0.25, 0.3) is 5.91 Å². The maximum absolute atomic E-state index is 14.5. The normalized spacial score (nSPS) is 22.5. The standard InChI is InChI=1S/C40H55N5O7S/c1-8-10-20-29(32(46)35(48)41-23-11-9-2)42-34(47)31-30-28(39(30,6)7)24-45(31)36(49)33(38(3,4)5)43-37(50)44-40(21-16-13-17-22-40)26-53(51,52)25-27-18-14-12-15-19-27/h1-2,12,14-15,18-19,28-31,33H,10-11,13,16-17,20-26H2,3-7H3,(H,41,48)(H,42,47)(H2,43,44,50)/t28-,29?,30-,31-,33+/m0/s1. The first kappa shape index (κ1) is 41.4. The van der Waals surface area contributed by atoms with Gasteiger partial charge in [-0.3, -0.25) is 19.2 Å². The third-order valence-corrected chi connectivity index (χ3v) is 12.8. The van der Waals surface area contributed by atoms with E-state index in [0.717, 1.165) is 19.3 Å². The quantitative estimate of drug-likeness (QED) is 0.121. The molecule has 5 atom stereocenters. The summed E-state index contributed by atoms with van der Waals surface area (Å²) in [7, 11) is -3.62. The third kappa shape index (κ3) is 10.2. The van der Waals surface area contributed by atoms with E-state index in [1.807, 2.05) is 19.9 Å². The molecule has 2 saturated carbocycles. The highest BCUT2D eigenvalue weighted by Gasteiger charge is 2.70. The van der Waals surface area contributed by atoms with Crippen LogP contribution in [-0.2, 0) is 34.8 Å². The summed E-state index contributed by atoms with van der Waals surface area (Å²) in [5.41, 5.74) is -1.40. The number of hydrogen-bond donors (Lipinski definition) is 4. The minimum Gasteiger partial charge on any atom is -0.348 e. The number of carbonyl (C=O) groups is 5. The average Bonchev–Trinajstić information content (AvgIpc) is 3.38. The molecule has 0 aromatic heterocycles. The second-order valence-electron chi connectivity index (χ2n) is 16.5. The Bertz CT molecular complexity index is 1730. The minimum absolute atomic E-state index is 0.00361. The molecule has 3 aliphatic rings. The lowest BCUT2D eigenvalue weighted by molar-refractivity contribution is -0.145. The molecule has 1 unspecified atom stereocenters. The molecule has 3 fully saturated rings. The van der Waals surface area contributed by atoms with Gasteiger partial charge < -0.3 is 26.2 Å². The lowest BCUT2D eigenvalue weighted by Crippen LogP contribution is -2.64. The Labute approximate surface area is 314 Å². The lowest BCUT2D eigenvalue weighted by Gasteiger charge is -2.40. The van der Waals surface area contributed by atoms with Gasteiger partial charge in [-0.2, -0.15) is 0 Å². The van der Waals surface area contributed by atoms with Crippen molar-refractivity contribution in [2.75, 3.05) is 18.8 Å². The van der Waals surface area contributed by atoms with Gasteiger partial charge in [-0.05, 0) is 47.5 Å². The van der Waals surface area contributed by atoms with E-state index in [1.54, 1.807) is 45.0 Å². The predicted octanol–water partition coefficient (Wildman–Crippen LogP) is 3.11. The summed E-state index contributed by atoms with van der Waals surface area (Å²) in [6, 6.07) is 5.00. The number of nitrogens with one attached hydrogen (secondary N) is 4. The van der Waals surface area contributed by atoms with Crippen LogP contribution in [0.2, 0.25) is 0 Å². The van der Waals surface area contributed by atoms with Gasteiger partial charge in [0.2, 0.25) is 17.6 Å². The number of likely N-dealkylation sites (tertiary alicyclic amines) is 1. The second-order valence-corrected chi connectivity index (χ2v) is 18.6. The van der Waals surface area contributed by atoms with Crippen molar-refractivity contribution in [2.45, 2.75) is 115 Å². The Balaban J connectivity index is 1.53. The number of amides is 5. The van der Waals surface area contributed by atoms with Crippen LogP contribution in [0.1, 0.15) is 91.5 Å². The molecule has 2 aliphatic carbocycles. The maximum Gasteiger partial charge on any atom is 0.315 e. The van der Waals surface area contributed by atoms with E-state index >= 15 is 0 Å². The van der Waals surface area contributed by atoms with Crippen LogP contribution in [0.25, 0.3) is 0 Å². The van der Waals surface area contributed by atoms with Gasteiger partial charge in [0.15, 0.2) is 9.84 Å². The van der Waals surface area contributed by atoms with Gasteiger partial charge >= 0.3 is 6.03 Å². The van der Waals surface area contributed by atoms with E-state index in [9.17, 15) is 32.4 Å². The molecule has 4 rings (SSSR count). The topological polar surface area (TPSA) is 171 Å². The van der Waals surface area contributed by atoms with Crippen molar-refractivity contribution >= 4 is 39.4 Å². The summed E-state index contributed by atoms with van der Waals surface area (Å²) < 4.78 is 26.9. The van der Waals surface area contributed by atoms with Gasteiger partial charge in [-0.25, -0.2) is 13.2 Å². The molecule has 1 aliphatic heterocycles. The SMILES string of the molecule is C#CCCNC(=O)C(=O)C(CCC#C)NC(=O)[C@@H]1[C@@H]2[C@H](CN1C(=O)[C@@H](NC(=O)NC1(CS(=O)(=O)Cc3ccccc3)CCCCC1)C(C)(C)C)C2(C)C. The largest absolute Gasteiger partial charge is 0.348 e. The number of terminal acetylenes is 2.